The molecule has 0 aliphatic rings. The van der Waals surface area contributed by atoms with Crippen LogP contribution in [0, 0.1) is 11.6 Å². The van der Waals surface area contributed by atoms with Gasteiger partial charge in [0.25, 0.3) is 0 Å². The van der Waals surface area contributed by atoms with Crippen molar-refractivity contribution >= 4 is 0 Å². The van der Waals surface area contributed by atoms with Crippen molar-refractivity contribution in [3.05, 3.63) is 35.4 Å². The summed E-state index contributed by atoms with van der Waals surface area (Å²) >= 11 is 0. The van der Waals surface area contributed by atoms with Gasteiger partial charge in [-0.05, 0) is 12.1 Å². The number of benzene rings is 1. The Bertz CT molecular complexity index is 276. The van der Waals surface area contributed by atoms with Gasteiger partial charge in [0, 0.05) is 5.56 Å². The molecule has 0 spiro atoms. The van der Waals surface area contributed by atoms with Gasteiger partial charge in [-0.25, -0.2) is 8.78 Å². The van der Waals surface area contributed by atoms with Crippen molar-refractivity contribution in [2.75, 3.05) is 0 Å². The van der Waals surface area contributed by atoms with Crippen LogP contribution in [-0.2, 0) is 6.56 Å². The molecule has 0 radical (unpaired) electrons. The van der Waals surface area contributed by atoms with Crippen molar-refractivity contribution < 1.29 is 16.6 Å². The molecule has 1 aromatic carbocycles. The van der Waals surface area contributed by atoms with E-state index in [4.69, 9.17) is 7.85 Å². The summed E-state index contributed by atoms with van der Waals surface area (Å²) in [4.78, 5) is 0. The molecule has 0 unspecified atom stereocenters. The van der Waals surface area contributed by atoms with Crippen molar-refractivity contribution in [2.45, 2.75) is 6.56 Å². The van der Waals surface area contributed by atoms with E-state index in [1.165, 1.54) is 0 Å². The summed E-state index contributed by atoms with van der Waals surface area (Å²) in [7, 11) is 0. The molecule has 0 aromatic heterocycles. The molecule has 54 valence electrons. The topological polar surface area (TPSA) is 20.2 Å². The Hall–Kier alpha value is -0.960. The molecule has 1 N–H and O–H groups in total. The van der Waals surface area contributed by atoms with Gasteiger partial charge < -0.3 is 5.11 Å². The van der Waals surface area contributed by atoms with Crippen molar-refractivity contribution in [3.8, 4) is 0 Å². The second-order valence-electron chi connectivity index (χ2n) is 1.71. The SMILES string of the molecule is [2H]C([2H])(O)c1c(F)cccc1F. The van der Waals surface area contributed by atoms with Crippen LogP contribution in [0.1, 0.15) is 8.30 Å². The number of hydrogen-bond acceptors (Lipinski definition) is 1. The van der Waals surface area contributed by atoms with Gasteiger partial charge in [-0.15, -0.1) is 0 Å². The molecule has 0 saturated heterocycles. The lowest BCUT2D eigenvalue weighted by Gasteiger charge is -1.97. The molecule has 3 heteroatoms. The fourth-order valence-electron chi connectivity index (χ4n) is 0.605. The maximum Gasteiger partial charge on any atom is 0.131 e. The van der Waals surface area contributed by atoms with E-state index in [-0.39, 0.29) is 0 Å². The Morgan fingerprint density at radius 2 is 1.90 bits per heavy atom. The second-order valence-corrected chi connectivity index (χ2v) is 1.71. The van der Waals surface area contributed by atoms with Gasteiger partial charge in [0.15, 0.2) is 0 Å². The zero-order valence-corrected chi connectivity index (χ0v) is 4.94. The Morgan fingerprint density at radius 1 is 1.40 bits per heavy atom. The molecular formula is C7H6F2O. The molecule has 0 aliphatic heterocycles. The van der Waals surface area contributed by atoms with Crippen LogP contribution in [0.25, 0.3) is 0 Å². The smallest absolute Gasteiger partial charge is 0.131 e. The van der Waals surface area contributed by atoms with Crippen LogP contribution in [0.3, 0.4) is 0 Å². The summed E-state index contributed by atoms with van der Waals surface area (Å²) in [5.41, 5.74) is -0.954. The molecule has 10 heavy (non-hydrogen) atoms. The predicted molar refractivity (Wildman–Crippen MR) is 32.3 cm³/mol. The third-order valence-corrected chi connectivity index (χ3v) is 1.07. The Balaban J connectivity index is 3.31. The molecule has 1 nitrogen and oxygen atoms in total. The van der Waals surface area contributed by atoms with Gasteiger partial charge in [0.05, 0.1) is 9.30 Å². The van der Waals surface area contributed by atoms with Crippen molar-refractivity contribution in [1.29, 1.82) is 0 Å². The van der Waals surface area contributed by atoms with Gasteiger partial charge in [-0.1, -0.05) is 6.07 Å². The Kier molecular flexibility index (Phi) is 1.32. The predicted octanol–water partition coefficient (Wildman–Crippen LogP) is 1.46. The first-order chi connectivity index (χ1) is 5.43. The summed E-state index contributed by atoms with van der Waals surface area (Å²) in [6, 6.07) is 2.86. The number of halogens is 2. The average Bonchev–Trinajstić information content (AvgIpc) is 1.82. The Labute approximate surface area is 59.7 Å². The third-order valence-electron chi connectivity index (χ3n) is 1.07. The normalized spacial score (nSPS) is 14.3. The van der Waals surface area contributed by atoms with Gasteiger partial charge in [0.2, 0.25) is 0 Å². The minimum absolute atomic E-state index is 0.881. The van der Waals surface area contributed by atoms with Crippen LogP contribution in [0.5, 0.6) is 0 Å². The third kappa shape index (κ3) is 1.14. The van der Waals surface area contributed by atoms with Crippen LogP contribution < -0.4 is 0 Å². The maximum absolute atomic E-state index is 12.7. The summed E-state index contributed by atoms with van der Waals surface area (Å²) in [5.74, 6) is -2.19. The molecular weight excluding hydrogens is 138 g/mol. The molecule has 0 aliphatic carbocycles. The van der Waals surface area contributed by atoms with E-state index in [9.17, 15) is 8.78 Å². The molecule has 0 bridgehead atoms. The first kappa shape index (κ1) is 4.79. The summed E-state index contributed by atoms with van der Waals surface area (Å²) in [6.07, 6.45) is 0. The number of rotatable bonds is 1. The van der Waals surface area contributed by atoms with E-state index in [1.807, 2.05) is 0 Å². The lowest BCUT2D eigenvalue weighted by Crippen LogP contribution is -1.93. The lowest BCUT2D eigenvalue weighted by molar-refractivity contribution is 0.269. The molecule has 0 amide bonds. The number of hydrogen-bond donors (Lipinski definition) is 1. The molecule has 0 heterocycles. The van der Waals surface area contributed by atoms with Gasteiger partial charge in [0.1, 0.15) is 11.6 Å². The molecule has 0 fully saturated rings. The van der Waals surface area contributed by atoms with Crippen molar-refractivity contribution in [3.63, 3.8) is 0 Å². The van der Waals surface area contributed by atoms with E-state index in [1.54, 1.807) is 0 Å². The fourth-order valence-corrected chi connectivity index (χ4v) is 0.605. The fraction of sp³-hybridized carbons (Fsp3) is 0.143. The van der Waals surface area contributed by atoms with Crippen LogP contribution in [0.15, 0.2) is 18.2 Å². The highest BCUT2D eigenvalue weighted by Crippen LogP contribution is 2.10. The Morgan fingerprint density at radius 3 is 2.20 bits per heavy atom. The lowest BCUT2D eigenvalue weighted by atomic mass is 10.2. The van der Waals surface area contributed by atoms with Crippen LogP contribution in [0.4, 0.5) is 8.78 Å². The number of aliphatic hydroxyl groups is 1. The quantitative estimate of drug-likeness (QED) is 0.635. The molecule has 1 rings (SSSR count). The highest BCUT2D eigenvalue weighted by Gasteiger charge is 2.04. The zero-order chi connectivity index (χ0) is 9.35. The minimum Gasteiger partial charge on any atom is -0.391 e. The van der Waals surface area contributed by atoms with Crippen molar-refractivity contribution in [2.24, 2.45) is 0 Å². The minimum atomic E-state index is -2.98. The molecule has 0 saturated carbocycles. The largest absolute Gasteiger partial charge is 0.391 e. The van der Waals surface area contributed by atoms with Crippen molar-refractivity contribution in [1.82, 2.24) is 0 Å². The van der Waals surface area contributed by atoms with E-state index < -0.39 is 23.8 Å². The molecule has 0 atom stereocenters. The van der Waals surface area contributed by atoms with Crippen LogP contribution >= 0.6 is 0 Å². The van der Waals surface area contributed by atoms with Gasteiger partial charge in [-0.2, -0.15) is 0 Å². The monoisotopic (exact) mass is 146 g/mol. The first-order valence-electron chi connectivity index (χ1n) is 3.60. The highest BCUT2D eigenvalue weighted by molar-refractivity contribution is 5.18. The maximum atomic E-state index is 12.7. The van der Waals surface area contributed by atoms with Gasteiger partial charge >= 0.3 is 0 Å². The van der Waals surface area contributed by atoms with Crippen LogP contribution in [0.2, 0.25) is 0 Å². The van der Waals surface area contributed by atoms with E-state index in [0.29, 0.717) is 0 Å². The van der Waals surface area contributed by atoms with Gasteiger partial charge in [-0.3, -0.25) is 0 Å². The average molecular weight is 146 g/mol. The highest BCUT2D eigenvalue weighted by atomic mass is 19.1. The van der Waals surface area contributed by atoms with Crippen LogP contribution in [-0.4, -0.2) is 5.11 Å². The standard InChI is InChI=1S/C7H6F2O/c8-6-2-1-3-7(9)5(6)4-10/h1-3,10H,4H2/i4D2. The first-order valence-corrected chi connectivity index (χ1v) is 2.60. The molecule has 1 aromatic rings. The van der Waals surface area contributed by atoms with E-state index in [2.05, 4.69) is 0 Å². The summed E-state index contributed by atoms with van der Waals surface area (Å²) < 4.78 is 38.8. The second kappa shape index (κ2) is 2.75. The van der Waals surface area contributed by atoms with E-state index in [0.717, 1.165) is 18.2 Å². The zero-order valence-electron chi connectivity index (χ0n) is 6.94. The van der Waals surface area contributed by atoms with E-state index >= 15 is 0 Å². The summed E-state index contributed by atoms with van der Waals surface area (Å²) in [5, 5.41) is 8.70. The summed E-state index contributed by atoms with van der Waals surface area (Å²) in [6.45, 7) is -2.98.